The number of rotatable bonds is 8. The van der Waals surface area contributed by atoms with Gasteiger partial charge in [-0.05, 0) is 54.5 Å². The van der Waals surface area contributed by atoms with Crippen LogP contribution in [0.25, 0.3) is 11.3 Å². The van der Waals surface area contributed by atoms with Gasteiger partial charge in [0.25, 0.3) is 5.91 Å². The number of hydrogen-bond acceptors (Lipinski definition) is 7. The van der Waals surface area contributed by atoms with Crippen molar-refractivity contribution in [2.45, 2.75) is 13.8 Å². The Morgan fingerprint density at radius 3 is 2.50 bits per heavy atom. The molecule has 3 aromatic rings. The van der Waals surface area contributed by atoms with Crippen LogP contribution < -0.4 is 19.5 Å². The average molecular weight is 383 g/mol. The highest BCUT2D eigenvalue weighted by molar-refractivity contribution is 6.07. The standard InChI is InChI=1S/C20H21N3O5/c1-4-26-16-11-10-13(12-17(16)27-5-2)18-19(23-28-22-18)21-20(24)14-8-6-7-9-15(14)25-3/h6-12H,4-5H2,1-3H3,(H,21,23,24). The van der Waals surface area contributed by atoms with E-state index in [1.165, 1.54) is 7.11 Å². The predicted molar refractivity (Wildman–Crippen MR) is 103 cm³/mol. The van der Waals surface area contributed by atoms with Crippen LogP contribution in [0, 0.1) is 0 Å². The number of nitrogens with one attached hydrogen (secondary N) is 1. The van der Waals surface area contributed by atoms with Crippen LogP contribution in [0.4, 0.5) is 5.82 Å². The van der Waals surface area contributed by atoms with Crippen LogP contribution in [0.3, 0.4) is 0 Å². The summed E-state index contributed by atoms with van der Waals surface area (Å²) in [5, 5.41) is 10.5. The lowest BCUT2D eigenvalue weighted by atomic mass is 10.1. The summed E-state index contributed by atoms with van der Waals surface area (Å²) in [4.78, 5) is 12.6. The van der Waals surface area contributed by atoms with Gasteiger partial charge in [-0.25, -0.2) is 4.63 Å². The minimum atomic E-state index is -0.384. The minimum Gasteiger partial charge on any atom is -0.496 e. The average Bonchev–Trinajstić information content (AvgIpc) is 3.17. The second kappa shape index (κ2) is 8.90. The summed E-state index contributed by atoms with van der Waals surface area (Å²) in [6.07, 6.45) is 0. The van der Waals surface area contributed by atoms with E-state index in [0.717, 1.165) is 0 Å². The monoisotopic (exact) mass is 383 g/mol. The zero-order valence-corrected chi connectivity index (χ0v) is 15.9. The number of anilines is 1. The minimum absolute atomic E-state index is 0.197. The summed E-state index contributed by atoms with van der Waals surface area (Å²) in [5.41, 5.74) is 1.43. The van der Waals surface area contributed by atoms with Gasteiger partial charge in [0, 0.05) is 5.56 Å². The molecule has 0 unspecified atom stereocenters. The van der Waals surface area contributed by atoms with Crippen LogP contribution in [0.15, 0.2) is 47.1 Å². The van der Waals surface area contributed by atoms with E-state index in [9.17, 15) is 4.79 Å². The van der Waals surface area contributed by atoms with Crippen LogP contribution in [0.5, 0.6) is 17.2 Å². The molecule has 3 rings (SSSR count). The van der Waals surface area contributed by atoms with Crippen molar-refractivity contribution in [3.63, 3.8) is 0 Å². The number of para-hydroxylation sites is 1. The van der Waals surface area contributed by atoms with E-state index in [-0.39, 0.29) is 11.7 Å². The van der Waals surface area contributed by atoms with Gasteiger partial charge in [0.05, 0.1) is 25.9 Å². The van der Waals surface area contributed by atoms with Gasteiger partial charge < -0.3 is 19.5 Å². The molecule has 0 atom stereocenters. The van der Waals surface area contributed by atoms with Gasteiger partial charge in [0.2, 0.25) is 5.82 Å². The molecule has 0 saturated carbocycles. The van der Waals surface area contributed by atoms with Crippen molar-refractivity contribution in [2.75, 3.05) is 25.6 Å². The molecular weight excluding hydrogens is 362 g/mol. The van der Waals surface area contributed by atoms with Gasteiger partial charge in [0.1, 0.15) is 5.75 Å². The van der Waals surface area contributed by atoms with Gasteiger partial charge >= 0.3 is 0 Å². The van der Waals surface area contributed by atoms with Crippen LogP contribution in [0.2, 0.25) is 0 Å². The fraction of sp³-hybridized carbons (Fsp3) is 0.250. The van der Waals surface area contributed by atoms with Crippen molar-refractivity contribution < 1.29 is 23.6 Å². The van der Waals surface area contributed by atoms with Gasteiger partial charge in [0.15, 0.2) is 17.2 Å². The largest absolute Gasteiger partial charge is 0.496 e. The van der Waals surface area contributed by atoms with E-state index < -0.39 is 0 Å². The fourth-order valence-electron chi connectivity index (χ4n) is 2.67. The summed E-state index contributed by atoms with van der Waals surface area (Å²) in [7, 11) is 1.50. The normalized spacial score (nSPS) is 10.4. The molecule has 146 valence electrons. The third kappa shape index (κ3) is 4.06. The molecule has 1 aromatic heterocycles. The molecule has 0 aliphatic rings. The van der Waals surface area contributed by atoms with Crippen molar-refractivity contribution in [1.82, 2.24) is 10.3 Å². The highest BCUT2D eigenvalue weighted by Gasteiger charge is 2.19. The predicted octanol–water partition coefficient (Wildman–Crippen LogP) is 3.79. The Labute approximate surface area is 162 Å². The van der Waals surface area contributed by atoms with Gasteiger partial charge in [-0.3, -0.25) is 4.79 Å². The van der Waals surface area contributed by atoms with Gasteiger partial charge in [-0.15, -0.1) is 0 Å². The fourth-order valence-corrected chi connectivity index (χ4v) is 2.67. The Kier molecular flexibility index (Phi) is 6.11. The van der Waals surface area contributed by atoms with E-state index in [2.05, 4.69) is 15.6 Å². The molecule has 0 radical (unpaired) electrons. The van der Waals surface area contributed by atoms with E-state index in [1.807, 2.05) is 13.8 Å². The molecule has 0 fully saturated rings. The van der Waals surface area contributed by atoms with Crippen LogP contribution in [-0.2, 0) is 0 Å². The molecule has 1 heterocycles. The molecule has 0 bridgehead atoms. The first-order valence-electron chi connectivity index (χ1n) is 8.84. The molecule has 0 aliphatic heterocycles. The molecule has 8 nitrogen and oxygen atoms in total. The SMILES string of the molecule is CCOc1ccc(-c2nonc2NC(=O)c2ccccc2OC)cc1OCC. The lowest BCUT2D eigenvalue weighted by Crippen LogP contribution is -2.14. The molecule has 0 saturated heterocycles. The number of carbonyl (C=O) groups is 1. The molecular formula is C20H21N3O5. The van der Waals surface area contributed by atoms with Crippen molar-refractivity contribution in [3.8, 4) is 28.5 Å². The van der Waals surface area contributed by atoms with Crippen LogP contribution in [-0.4, -0.2) is 36.5 Å². The Bertz CT molecular complexity index is 955. The number of nitrogens with zero attached hydrogens (tertiary/aromatic N) is 2. The van der Waals surface area contributed by atoms with Crippen LogP contribution in [0.1, 0.15) is 24.2 Å². The summed E-state index contributed by atoms with van der Waals surface area (Å²) in [5.74, 6) is 1.47. The molecule has 28 heavy (non-hydrogen) atoms. The zero-order valence-electron chi connectivity index (χ0n) is 15.9. The van der Waals surface area contributed by atoms with Crippen molar-refractivity contribution in [3.05, 3.63) is 48.0 Å². The molecule has 1 N–H and O–H groups in total. The van der Waals surface area contributed by atoms with Crippen molar-refractivity contribution in [1.29, 1.82) is 0 Å². The van der Waals surface area contributed by atoms with E-state index in [1.54, 1.807) is 42.5 Å². The molecule has 8 heteroatoms. The molecule has 0 aliphatic carbocycles. The first-order valence-corrected chi connectivity index (χ1v) is 8.84. The number of benzene rings is 2. The van der Waals surface area contributed by atoms with Gasteiger partial charge in [-0.2, -0.15) is 0 Å². The number of aromatic nitrogens is 2. The van der Waals surface area contributed by atoms with E-state index in [4.69, 9.17) is 18.8 Å². The lowest BCUT2D eigenvalue weighted by molar-refractivity contribution is 0.102. The zero-order chi connectivity index (χ0) is 19.9. The second-order valence-corrected chi connectivity index (χ2v) is 5.64. The first-order chi connectivity index (χ1) is 13.7. The maximum atomic E-state index is 12.6. The molecule has 2 aromatic carbocycles. The summed E-state index contributed by atoms with van der Waals surface area (Å²) in [6, 6.07) is 12.3. The van der Waals surface area contributed by atoms with Crippen molar-refractivity contribution in [2.24, 2.45) is 0 Å². The Morgan fingerprint density at radius 1 is 1.00 bits per heavy atom. The molecule has 1 amide bonds. The summed E-state index contributed by atoms with van der Waals surface area (Å²) < 4.78 is 21.3. The third-order valence-electron chi connectivity index (χ3n) is 3.89. The van der Waals surface area contributed by atoms with E-state index in [0.29, 0.717) is 47.3 Å². The maximum absolute atomic E-state index is 12.6. The smallest absolute Gasteiger partial charge is 0.260 e. The quantitative estimate of drug-likeness (QED) is 0.632. The van der Waals surface area contributed by atoms with Crippen molar-refractivity contribution >= 4 is 11.7 Å². The number of amides is 1. The lowest BCUT2D eigenvalue weighted by Gasteiger charge is -2.12. The number of carbonyl (C=O) groups excluding carboxylic acids is 1. The van der Waals surface area contributed by atoms with Crippen LogP contribution >= 0.6 is 0 Å². The Morgan fingerprint density at radius 2 is 1.75 bits per heavy atom. The number of ether oxygens (including phenoxy) is 3. The maximum Gasteiger partial charge on any atom is 0.260 e. The topological polar surface area (TPSA) is 95.7 Å². The first kappa shape index (κ1) is 19.2. The molecule has 0 spiro atoms. The summed E-state index contributed by atoms with van der Waals surface area (Å²) in [6.45, 7) is 4.79. The summed E-state index contributed by atoms with van der Waals surface area (Å²) >= 11 is 0. The second-order valence-electron chi connectivity index (χ2n) is 5.64. The Hall–Kier alpha value is -3.55. The highest BCUT2D eigenvalue weighted by Crippen LogP contribution is 2.34. The number of methoxy groups -OCH3 is 1. The number of hydrogen-bond donors (Lipinski definition) is 1. The third-order valence-corrected chi connectivity index (χ3v) is 3.89. The van der Waals surface area contributed by atoms with E-state index >= 15 is 0 Å². The van der Waals surface area contributed by atoms with Gasteiger partial charge in [-0.1, -0.05) is 12.1 Å². The Balaban J connectivity index is 1.89. The highest BCUT2D eigenvalue weighted by atomic mass is 16.6.